The number of thiazole rings is 2. The molecule has 0 saturated carbocycles. The van der Waals surface area contributed by atoms with Gasteiger partial charge in [-0.2, -0.15) is 0 Å². The number of ether oxygens (including phenoxy) is 1. The fourth-order valence-corrected chi connectivity index (χ4v) is 4.88. The van der Waals surface area contributed by atoms with E-state index in [1.165, 1.54) is 22.7 Å². The van der Waals surface area contributed by atoms with Gasteiger partial charge in [-0.05, 0) is 45.3 Å². The summed E-state index contributed by atoms with van der Waals surface area (Å²) in [7, 11) is 3.98. The second-order valence-corrected chi connectivity index (χ2v) is 8.82. The predicted octanol–water partition coefficient (Wildman–Crippen LogP) is 4.51. The van der Waals surface area contributed by atoms with Gasteiger partial charge in [0.15, 0.2) is 10.1 Å². The van der Waals surface area contributed by atoms with Gasteiger partial charge in [-0.25, -0.2) is 9.97 Å². The third-order valence-corrected chi connectivity index (χ3v) is 6.46. The summed E-state index contributed by atoms with van der Waals surface area (Å²) < 4.78 is 7.72. The minimum atomic E-state index is -0.120. The number of nitrogens with zero attached hydrogens (tertiary/aromatic N) is 4. The number of anilines is 1. The molecule has 0 unspecified atom stereocenters. The highest BCUT2D eigenvalue weighted by molar-refractivity contribution is 7.23. The number of hydrogen-bond acceptors (Lipinski definition) is 7. The van der Waals surface area contributed by atoms with E-state index in [0.717, 1.165) is 32.7 Å². The minimum Gasteiger partial charge on any atom is -0.492 e. The standard InChI is InChI=1S/C21H22N4O2S2/c1-4-27-15-9-7-11-17-18(15)23-21(29-17)25(13-12-24(2)3)20(26)19-22-14-8-5-6-10-16(14)28-19/h5-11H,4,12-13H2,1-3H3. The summed E-state index contributed by atoms with van der Waals surface area (Å²) in [5.74, 6) is 0.623. The molecule has 6 nitrogen and oxygen atoms in total. The molecule has 29 heavy (non-hydrogen) atoms. The molecule has 2 aromatic heterocycles. The molecule has 0 bridgehead atoms. The van der Waals surface area contributed by atoms with Crippen molar-refractivity contribution in [2.45, 2.75) is 6.92 Å². The molecule has 0 atom stereocenters. The Kier molecular flexibility index (Phi) is 5.75. The lowest BCUT2D eigenvalue weighted by Gasteiger charge is -2.20. The normalized spacial score (nSPS) is 11.4. The van der Waals surface area contributed by atoms with E-state index in [4.69, 9.17) is 9.72 Å². The molecule has 0 saturated heterocycles. The summed E-state index contributed by atoms with van der Waals surface area (Å²) in [5.41, 5.74) is 1.64. The summed E-state index contributed by atoms with van der Waals surface area (Å²) in [6.07, 6.45) is 0. The molecule has 4 rings (SSSR count). The SMILES string of the molecule is CCOc1cccc2sc(N(CCN(C)C)C(=O)c3nc4ccccc4s3)nc12. The summed E-state index contributed by atoms with van der Waals surface area (Å²) in [6.45, 7) is 3.78. The average Bonchev–Trinajstić information content (AvgIpc) is 3.32. The zero-order valence-corrected chi connectivity index (χ0v) is 18.2. The van der Waals surface area contributed by atoms with E-state index in [1.54, 1.807) is 4.90 Å². The highest BCUT2D eigenvalue weighted by Crippen LogP contribution is 2.35. The van der Waals surface area contributed by atoms with Crippen LogP contribution in [0.25, 0.3) is 20.4 Å². The molecule has 1 amide bonds. The quantitative estimate of drug-likeness (QED) is 0.435. The van der Waals surface area contributed by atoms with Gasteiger partial charge in [0, 0.05) is 13.1 Å². The van der Waals surface area contributed by atoms with Crippen molar-refractivity contribution in [3.8, 4) is 5.75 Å². The van der Waals surface area contributed by atoms with Gasteiger partial charge < -0.3 is 9.64 Å². The van der Waals surface area contributed by atoms with Crippen molar-refractivity contribution in [1.82, 2.24) is 14.9 Å². The largest absolute Gasteiger partial charge is 0.492 e. The lowest BCUT2D eigenvalue weighted by atomic mass is 10.3. The van der Waals surface area contributed by atoms with Crippen molar-refractivity contribution in [3.05, 3.63) is 47.5 Å². The van der Waals surface area contributed by atoms with Gasteiger partial charge in [0.2, 0.25) is 0 Å². The fourth-order valence-electron chi connectivity index (χ4n) is 2.96. The lowest BCUT2D eigenvalue weighted by molar-refractivity contribution is 0.0985. The summed E-state index contributed by atoms with van der Waals surface area (Å²) >= 11 is 2.92. The van der Waals surface area contributed by atoms with Gasteiger partial charge in [-0.3, -0.25) is 9.69 Å². The molecule has 0 N–H and O–H groups in total. The zero-order valence-electron chi connectivity index (χ0n) is 16.6. The Bertz CT molecular complexity index is 1120. The number of fused-ring (bicyclic) bond motifs is 2. The number of likely N-dealkylation sites (N-methyl/N-ethyl adjacent to an activating group) is 1. The smallest absolute Gasteiger partial charge is 0.289 e. The van der Waals surface area contributed by atoms with Crippen LogP contribution in [0.4, 0.5) is 5.13 Å². The number of aromatic nitrogens is 2. The molecular weight excluding hydrogens is 404 g/mol. The number of benzene rings is 2. The first-order chi connectivity index (χ1) is 14.1. The van der Waals surface area contributed by atoms with E-state index in [-0.39, 0.29) is 5.91 Å². The summed E-state index contributed by atoms with van der Waals surface area (Å²) in [4.78, 5) is 26.5. The van der Waals surface area contributed by atoms with Crippen LogP contribution in [0.15, 0.2) is 42.5 Å². The maximum atomic E-state index is 13.4. The Balaban J connectivity index is 1.74. The van der Waals surface area contributed by atoms with Crippen molar-refractivity contribution >= 4 is 54.1 Å². The van der Waals surface area contributed by atoms with Crippen LogP contribution in [-0.2, 0) is 0 Å². The molecule has 2 heterocycles. The van der Waals surface area contributed by atoms with E-state index in [9.17, 15) is 4.79 Å². The number of para-hydroxylation sites is 2. The molecule has 0 aliphatic heterocycles. The second-order valence-electron chi connectivity index (χ2n) is 6.78. The van der Waals surface area contributed by atoms with Gasteiger partial charge in [0.25, 0.3) is 5.91 Å². The van der Waals surface area contributed by atoms with Crippen molar-refractivity contribution in [3.63, 3.8) is 0 Å². The molecule has 4 aromatic rings. The second kappa shape index (κ2) is 8.44. The van der Waals surface area contributed by atoms with Crippen LogP contribution in [0.1, 0.15) is 16.7 Å². The van der Waals surface area contributed by atoms with Crippen LogP contribution in [0.3, 0.4) is 0 Å². The molecule has 0 spiro atoms. The van der Waals surface area contributed by atoms with Gasteiger partial charge in [-0.15, -0.1) is 11.3 Å². The first-order valence-electron chi connectivity index (χ1n) is 9.41. The third-order valence-electron chi connectivity index (χ3n) is 4.39. The first kappa shape index (κ1) is 19.8. The predicted molar refractivity (Wildman–Crippen MR) is 121 cm³/mol. The number of rotatable bonds is 7. The maximum Gasteiger partial charge on any atom is 0.289 e. The average molecular weight is 427 g/mol. The Hall–Kier alpha value is -2.55. The first-order valence-corrected chi connectivity index (χ1v) is 11.0. The van der Waals surface area contributed by atoms with Gasteiger partial charge >= 0.3 is 0 Å². The molecule has 2 aromatic carbocycles. The third kappa shape index (κ3) is 4.10. The number of amides is 1. The van der Waals surface area contributed by atoms with Crippen LogP contribution >= 0.6 is 22.7 Å². The summed E-state index contributed by atoms with van der Waals surface area (Å²) in [5, 5.41) is 1.15. The van der Waals surface area contributed by atoms with E-state index < -0.39 is 0 Å². The lowest BCUT2D eigenvalue weighted by Crippen LogP contribution is -2.36. The monoisotopic (exact) mass is 426 g/mol. The van der Waals surface area contributed by atoms with Crippen LogP contribution < -0.4 is 9.64 Å². The van der Waals surface area contributed by atoms with Crippen molar-refractivity contribution < 1.29 is 9.53 Å². The Morgan fingerprint density at radius 2 is 1.79 bits per heavy atom. The van der Waals surface area contributed by atoms with E-state index in [0.29, 0.717) is 23.3 Å². The van der Waals surface area contributed by atoms with Crippen molar-refractivity contribution in [2.24, 2.45) is 0 Å². The van der Waals surface area contributed by atoms with Crippen molar-refractivity contribution in [1.29, 1.82) is 0 Å². The minimum absolute atomic E-state index is 0.120. The van der Waals surface area contributed by atoms with Crippen LogP contribution in [0.5, 0.6) is 5.75 Å². The molecule has 0 aliphatic rings. The Morgan fingerprint density at radius 3 is 2.55 bits per heavy atom. The maximum absolute atomic E-state index is 13.4. The Labute approximate surface area is 177 Å². The number of carbonyl (C=O) groups is 1. The fraction of sp³-hybridized carbons (Fsp3) is 0.286. The molecule has 8 heteroatoms. The van der Waals surface area contributed by atoms with E-state index >= 15 is 0 Å². The topological polar surface area (TPSA) is 58.6 Å². The van der Waals surface area contributed by atoms with Crippen LogP contribution in [-0.4, -0.2) is 54.6 Å². The van der Waals surface area contributed by atoms with E-state index in [2.05, 4.69) is 9.88 Å². The Morgan fingerprint density at radius 1 is 1.00 bits per heavy atom. The highest BCUT2D eigenvalue weighted by atomic mass is 32.1. The van der Waals surface area contributed by atoms with Gasteiger partial charge in [-0.1, -0.05) is 29.5 Å². The van der Waals surface area contributed by atoms with Crippen molar-refractivity contribution in [2.75, 3.05) is 38.7 Å². The highest BCUT2D eigenvalue weighted by Gasteiger charge is 2.25. The molecule has 150 valence electrons. The summed E-state index contributed by atoms with van der Waals surface area (Å²) in [6, 6.07) is 13.7. The molecule has 0 aliphatic carbocycles. The molecule has 0 fully saturated rings. The molecular formula is C21H22N4O2S2. The van der Waals surface area contributed by atoms with Crippen LogP contribution in [0, 0.1) is 0 Å². The number of hydrogen-bond donors (Lipinski definition) is 0. The zero-order chi connectivity index (χ0) is 20.4. The van der Waals surface area contributed by atoms with Gasteiger partial charge in [0.1, 0.15) is 11.3 Å². The number of carbonyl (C=O) groups excluding carboxylic acids is 1. The molecule has 0 radical (unpaired) electrons. The van der Waals surface area contributed by atoms with Gasteiger partial charge in [0.05, 0.1) is 21.5 Å². The van der Waals surface area contributed by atoms with Crippen LogP contribution in [0.2, 0.25) is 0 Å². The van der Waals surface area contributed by atoms with E-state index in [1.807, 2.05) is 63.5 Å².